The van der Waals surface area contributed by atoms with Gasteiger partial charge >= 0.3 is 0 Å². The maximum absolute atomic E-state index is 13.1. The lowest BCUT2D eigenvalue weighted by molar-refractivity contribution is -0.131. The third-order valence-electron chi connectivity index (χ3n) is 5.97. The van der Waals surface area contributed by atoms with Crippen molar-refractivity contribution >= 4 is 18.1 Å². The molecule has 0 atom stereocenters. The van der Waals surface area contributed by atoms with Crippen LogP contribution in [0.15, 0.2) is 48.5 Å². The monoisotopic (exact) mass is 460 g/mol. The van der Waals surface area contributed by atoms with Gasteiger partial charge in [0, 0.05) is 30.4 Å². The number of benzene rings is 2. The van der Waals surface area contributed by atoms with Gasteiger partial charge in [0.15, 0.2) is 10.6 Å². The number of carbonyl (C=O) groups is 1. The Balaban J connectivity index is 1.55. The number of para-hydroxylation sites is 1. The number of aryl methyl sites for hydroxylation is 3. The third kappa shape index (κ3) is 4.52. The Kier molecular flexibility index (Phi) is 6.29. The van der Waals surface area contributed by atoms with Crippen molar-refractivity contribution < 1.29 is 4.79 Å². The first kappa shape index (κ1) is 22.7. The fourth-order valence-corrected chi connectivity index (χ4v) is 4.10. The molecule has 1 N–H and O–H groups in total. The lowest BCUT2D eigenvalue weighted by Gasteiger charge is -2.18. The van der Waals surface area contributed by atoms with Gasteiger partial charge in [0.2, 0.25) is 5.91 Å². The highest BCUT2D eigenvalue weighted by molar-refractivity contribution is 7.71. The van der Waals surface area contributed by atoms with Gasteiger partial charge in [-0.05, 0) is 51.5 Å². The van der Waals surface area contributed by atoms with Gasteiger partial charge in [-0.3, -0.25) is 14.5 Å². The number of amides is 1. The Morgan fingerprint density at radius 1 is 1.06 bits per heavy atom. The van der Waals surface area contributed by atoms with Gasteiger partial charge in [-0.1, -0.05) is 48.0 Å². The summed E-state index contributed by atoms with van der Waals surface area (Å²) in [6.45, 7) is 8.71. The number of aromatic amines is 1. The van der Waals surface area contributed by atoms with Gasteiger partial charge in [0.05, 0.1) is 11.4 Å². The van der Waals surface area contributed by atoms with Gasteiger partial charge in [0.1, 0.15) is 6.54 Å². The van der Waals surface area contributed by atoms with Crippen LogP contribution in [0.4, 0.5) is 0 Å². The van der Waals surface area contributed by atoms with Crippen molar-refractivity contribution in [3.63, 3.8) is 0 Å². The van der Waals surface area contributed by atoms with Crippen LogP contribution in [0.5, 0.6) is 0 Å². The molecule has 0 saturated heterocycles. The van der Waals surface area contributed by atoms with E-state index in [1.54, 1.807) is 9.47 Å². The molecule has 0 aliphatic carbocycles. The first-order valence-electron chi connectivity index (χ1n) is 10.8. The topological polar surface area (TPSA) is 71.7 Å². The Labute approximate surface area is 198 Å². The van der Waals surface area contributed by atoms with Crippen molar-refractivity contribution in [3.05, 3.63) is 81.4 Å². The molecule has 0 spiro atoms. The van der Waals surface area contributed by atoms with Crippen molar-refractivity contribution in [1.82, 2.24) is 29.4 Å². The maximum atomic E-state index is 13.1. The van der Waals surface area contributed by atoms with Crippen LogP contribution in [-0.4, -0.2) is 42.4 Å². The number of aromatic nitrogens is 5. The molecule has 0 aliphatic heterocycles. The Morgan fingerprint density at radius 3 is 2.45 bits per heavy atom. The molecule has 4 aromatic rings. The van der Waals surface area contributed by atoms with Crippen molar-refractivity contribution in [1.29, 1.82) is 0 Å². The molecule has 0 saturated carbocycles. The summed E-state index contributed by atoms with van der Waals surface area (Å²) >= 11 is 5.41. The predicted octanol–water partition coefficient (Wildman–Crippen LogP) is 4.69. The molecule has 33 heavy (non-hydrogen) atoms. The van der Waals surface area contributed by atoms with E-state index in [1.165, 1.54) is 0 Å². The minimum Gasteiger partial charge on any atom is -0.340 e. The third-order valence-corrected chi connectivity index (χ3v) is 6.28. The quantitative estimate of drug-likeness (QED) is 0.424. The number of nitrogens with one attached hydrogen (secondary N) is 1. The SMILES string of the molecule is Cc1ccc(-c2n[nH]c(=S)n2CC(=O)N(C)Cc2c(C)nn(-c3ccccc3C)c2C)cc1. The van der Waals surface area contributed by atoms with Crippen LogP contribution in [-0.2, 0) is 17.9 Å². The molecular weight excluding hydrogens is 432 g/mol. The summed E-state index contributed by atoms with van der Waals surface area (Å²) in [4.78, 5) is 14.9. The molecule has 0 fully saturated rings. The standard InChI is InChI=1S/C25H28N6OS/c1-16-10-12-20(13-11-16)24-26-27-25(33)30(24)15-23(32)29(5)14-21-18(3)28-31(19(21)4)22-9-7-6-8-17(22)2/h6-13H,14-15H2,1-5H3,(H,27,33). The van der Waals surface area contributed by atoms with Crippen LogP contribution >= 0.6 is 12.2 Å². The molecule has 0 radical (unpaired) electrons. The van der Waals surface area contributed by atoms with Crippen LogP contribution in [0.2, 0.25) is 0 Å². The minimum absolute atomic E-state index is 0.0525. The van der Waals surface area contributed by atoms with Crippen LogP contribution < -0.4 is 0 Å². The summed E-state index contributed by atoms with van der Waals surface area (Å²) in [6, 6.07) is 16.2. The highest BCUT2D eigenvalue weighted by Crippen LogP contribution is 2.22. The van der Waals surface area contributed by atoms with Gasteiger partial charge in [-0.2, -0.15) is 10.2 Å². The van der Waals surface area contributed by atoms with Crippen LogP contribution in [0.3, 0.4) is 0 Å². The second kappa shape index (κ2) is 9.15. The summed E-state index contributed by atoms with van der Waals surface area (Å²) in [5, 5.41) is 11.9. The number of nitrogens with zero attached hydrogens (tertiary/aromatic N) is 5. The first-order valence-corrected chi connectivity index (χ1v) is 11.2. The van der Waals surface area contributed by atoms with Gasteiger partial charge in [0.25, 0.3) is 0 Å². The normalized spacial score (nSPS) is 11.1. The number of hydrogen-bond donors (Lipinski definition) is 1. The molecule has 0 aliphatic rings. The van der Waals surface area contributed by atoms with E-state index in [1.807, 2.05) is 68.9 Å². The van der Waals surface area contributed by atoms with Crippen molar-refractivity contribution in [2.24, 2.45) is 0 Å². The van der Waals surface area contributed by atoms with E-state index in [-0.39, 0.29) is 12.5 Å². The fraction of sp³-hybridized carbons (Fsp3) is 0.280. The number of H-pyrrole nitrogens is 1. The summed E-state index contributed by atoms with van der Waals surface area (Å²) in [5.74, 6) is 0.602. The molecule has 2 aromatic heterocycles. The molecule has 0 unspecified atom stereocenters. The fourth-order valence-electron chi connectivity index (χ4n) is 3.91. The summed E-state index contributed by atoms with van der Waals surface area (Å²) in [6.07, 6.45) is 0. The van der Waals surface area contributed by atoms with E-state index < -0.39 is 0 Å². The van der Waals surface area contributed by atoms with Crippen LogP contribution in [0, 0.1) is 32.5 Å². The lowest BCUT2D eigenvalue weighted by atomic mass is 10.1. The van der Waals surface area contributed by atoms with E-state index >= 15 is 0 Å². The minimum atomic E-state index is -0.0525. The predicted molar refractivity (Wildman–Crippen MR) is 132 cm³/mol. The molecule has 0 bridgehead atoms. The van der Waals surface area contributed by atoms with Crippen LogP contribution in [0.1, 0.15) is 28.1 Å². The van der Waals surface area contributed by atoms with E-state index in [0.29, 0.717) is 17.1 Å². The average Bonchev–Trinajstić information content (AvgIpc) is 3.29. The number of rotatable bonds is 6. The summed E-state index contributed by atoms with van der Waals surface area (Å²) in [5.41, 5.74) is 7.26. The second-order valence-electron chi connectivity index (χ2n) is 8.40. The van der Waals surface area contributed by atoms with Crippen LogP contribution in [0.25, 0.3) is 17.1 Å². The Bertz CT molecular complexity index is 1360. The molecule has 2 heterocycles. The van der Waals surface area contributed by atoms with E-state index in [4.69, 9.17) is 17.3 Å². The van der Waals surface area contributed by atoms with E-state index in [2.05, 4.69) is 29.3 Å². The molecule has 170 valence electrons. The summed E-state index contributed by atoms with van der Waals surface area (Å²) < 4.78 is 4.13. The zero-order valence-electron chi connectivity index (χ0n) is 19.6. The average molecular weight is 461 g/mol. The smallest absolute Gasteiger partial charge is 0.242 e. The zero-order valence-corrected chi connectivity index (χ0v) is 20.4. The number of hydrogen-bond acceptors (Lipinski definition) is 4. The molecule has 8 heteroatoms. The second-order valence-corrected chi connectivity index (χ2v) is 8.79. The van der Waals surface area contributed by atoms with E-state index in [9.17, 15) is 4.79 Å². The Morgan fingerprint density at radius 2 is 1.76 bits per heavy atom. The molecule has 4 rings (SSSR count). The zero-order chi connectivity index (χ0) is 23.7. The largest absolute Gasteiger partial charge is 0.340 e. The lowest BCUT2D eigenvalue weighted by Crippen LogP contribution is -2.30. The van der Waals surface area contributed by atoms with Crippen molar-refractivity contribution in [2.75, 3.05) is 7.05 Å². The van der Waals surface area contributed by atoms with E-state index in [0.717, 1.165) is 39.3 Å². The van der Waals surface area contributed by atoms with Gasteiger partial charge < -0.3 is 4.90 Å². The van der Waals surface area contributed by atoms with Gasteiger partial charge in [-0.25, -0.2) is 4.68 Å². The molecular formula is C25H28N6OS. The Hall–Kier alpha value is -3.52. The molecule has 2 aromatic carbocycles. The number of likely N-dealkylation sites (N-methyl/N-ethyl adjacent to an activating group) is 1. The number of carbonyl (C=O) groups excluding carboxylic acids is 1. The highest BCUT2D eigenvalue weighted by Gasteiger charge is 2.20. The first-order chi connectivity index (χ1) is 15.8. The summed E-state index contributed by atoms with van der Waals surface area (Å²) in [7, 11) is 1.81. The molecule has 7 nitrogen and oxygen atoms in total. The highest BCUT2D eigenvalue weighted by atomic mass is 32.1. The van der Waals surface area contributed by atoms with Gasteiger partial charge in [-0.15, -0.1) is 0 Å². The maximum Gasteiger partial charge on any atom is 0.242 e. The van der Waals surface area contributed by atoms with Crippen molar-refractivity contribution in [2.45, 2.75) is 40.8 Å². The van der Waals surface area contributed by atoms with Crippen molar-refractivity contribution in [3.8, 4) is 17.1 Å². The molecule has 1 amide bonds.